The monoisotopic (exact) mass is 404 g/mol. The molecule has 0 aliphatic carbocycles. The molecular formula is C24H28N4O2. The Bertz CT molecular complexity index is 1030. The minimum Gasteiger partial charge on any atom is -0.483 e. The van der Waals surface area contributed by atoms with Crippen molar-refractivity contribution in [3.63, 3.8) is 0 Å². The van der Waals surface area contributed by atoms with E-state index in [4.69, 9.17) is 4.74 Å². The number of rotatable bonds is 6. The van der Waals surface area contributed by atoms with Crippen molar-refractivity contribution >= 4 is 11.6 Å². The van der Waals surface area contributed by atoms with Gasteiger partial charge in [-0.25, -0.2) is 0 Å². The predicted octanol–water partition coefficient (Wildman–Crippen LogP) is 4.81. The van der Waals surface area contributed by atoms with Gasteiger partial charge in [-0.05, 0) is 42.5 Å². The van der Waals surface area contributed by atoms with Crippen LogP contribution in [0.15, 0.2) is 48.5 Å². The van der Waals surface area contributed by atoms with E-state index in [-0.39, 0.29) is 12.5 Å². The molecule has 1 aromatic heterocycles. The maximum absolute atomic E-state index is 12.5. The highest BCUT2D eigenvalue weighted by Gasteiger charge is 2.16. The Balaban J connectivity index is 1.44. The van der Waals surface area contributed by atoms with Crippen LogP contribution in [0.4, 0.5) is 5.69 Å². The van der Waals surface area contributed by atoms with E-state index in [9.17, 15) is 4.79 Å². The molecule has 156 valence electrons. The van der Waals surface area contributed by atoms with E-state index in [0.29, 0.717) is 5.92 Å². The second-order valence-corrected chi connectivity index (χ2v) is 8.01. The first-order valence-electron chi connectivity index (χ1n) is 10.7. The number of anilines is 1. The van der Waals surface area contributed by atoms with Gasteiger partial charge in [0.15, 0.2) is 12.4 Å². The van der Waals surface area contributed by atoms with Crippen LogP contribution < -0.4 is 10.1 Å². The molecule has 1 amide bonds. The highest BCUT2D eigenvalue weighted by Crippen LogP contribution is 2.27. The van der Waals surface area contributed by atoms with Gasteiger partial charge in [-0.15, -0.1) is 10.2 Å². The highest BCUT2D eigenvalue weighted by molar-refractivity contribution is 5.92. The number of carbonyl (C=O) groups excluding carboxylic acids is 1. The molecule has 0 atom stereocenters. The lowest BCUT2D eigenvalue weighted by molar-refractivity contribution is -0.118. The van der Waals surface area contributed by atoms with Gasteiger partial charge in [-0.1, -0.05) is 50.6 Å². The van der Waals surface area contributed by atoms with E-state index < -0.39 is 0 Å². The number of aryl methyl sites for hydroxylation is 1. The minimum atomic E-state index is -0.189. The van der Waals surface area contributed by atoms with Crippen molar-refractivity contribution < 1.29 is 9.53 Å². The third-order valence-electron chi connectivity index (χ3n) is 5.41. The summed E-state index contributed by atoms with van der Waals surface area (Å²) in [5.41, 5.74) is 2.78. The molecular weight excluding hydrogens is 376 g/mol. The van der Waals surface area contributed by atoms with Gasteiger partial charge >= 0.3 is 0 Å². The molecule has 1 aliphatic rings. The zero-order valence-corrected chi connectivity index (χ0v) is 17.6. The van der Waals surface area contributed by atoms with Gasteiger partial charge in [-0.2, -0.15) is 0 Å². The normalized spacial score (nSPS) is 13.6. The van der Waals surface area contributed by atoms with E-state index >= 15 is 0 Å². The first-order chi connectivity index (χ1) is 14.6. The van der Waals surface area contributed by atoms with Gasteiger partial charge in [0.1, 0.15) is 11.6 Å². The summed E-state index contributed by atoms with van der Waals surface area (Å²) in [5.74, 6) is 2.81. The number of amides is 1. The standard InChI is InChI=1S/C24H28N4O2/c1-17(2)20-11-5-6-12-21(20)30-16-23(29)25-19-10-8-9-18(15-19)24-27-26-22-13-4-3-7-14-28(22)24/h5-6,8-12,15,17H,3-4,7,13-14,16H2,1-2H3,(H,25,29). The zero-order chi connectivity index (χ0) is 20.9. The summed E-state index contributed by atoms with van der Waals surface area (Å²) in [6.45, 7) is 5.13. The molecule has 3 aromatic rings. The summed E-state index contributed by atoms with van der Waals surface area (Å²) in [7, 11) is 0. The fourth-order valence-electron chi connectivity index (χ4n) is 3.86. The molecule has 2 aromatic carbocycles. The number of para-hydroxylation sites is 1. The SMILES string of the molecule is CC(C)c1ccccc1OCC(=O)Nc1cccc(-c2nnc3n2CCCCC3)c1. The summed E-state index contributed by atoms with van der Waals surface area (Å²) in [5, 5.41) is 11.7. The van der Waals surface area contributed by atoms with Crippen molar-refractivity contribution in [2.45, 2.75) is 52.0 Å². The quantitative estimate of drug-likeness (QED) is 0.640. The molecule has 0 unspecified atom stereocenters. The zero-order valence-electron chi connectivity index (χ0n) is 17.6. The lowest BCUT2D eigenvalue weighted by Gasteiger charge is -2.14. The largest absolute Gasteiger partial charge is 0.483 e. The molecule has 6 heteroatoms. The van der Waals surface area contributed by atoms with Crippen molar-refractivity contribution in [1.82, 2.24) is 14.8 Å². The topological polar surface area (TPSA) is 69.0 Å². The molecule has 4 rings (SSSR count). The summed E-state index contributed by atoms with van der Waals surface area (Å²) in [6, 6.07) is 15.6. The smallest absolute Gasteiger partial charge is 0.262 e. The van der Waals surface area contributed by atoms with Crippen LogP contribution in [0.3, 0.4) is 0 Å². The molecule has 30 heavy (non-hydrogen) atoms. The van der Waals surface area contributed by atoms with E-state index in [1.54, 1.807) is 0 Å². The van der Waals surface area contributed by atoms with Crippen LogP contribution in [0.25, 0.3) is 11.4 Å². The number of benzene rings is 2. The summed E-state index contributed by atoms with van der Waals surface area (Å²) >= 11 is 0. The molecule has 0 spiro atoms. The molecule has 0 radical (unpaired) electrons. The maximum atomic E-state index is 12.5. The third kappa shape index (κ3) is 4.53. The first kappa shape index (κ1) is 20.1. The van der Waals surface area contributed by atoms with Gasteiger partial charge < -0.3 is 14.6 Å². The van der Waals surface area contributed by atoms with Crippen LogP contribution in [0.2, 0.25) is 0 Å². The number of aromatic nitrogens is 3. The molecule has 0 saturated heterocycles. The summed E-state index contributed by atoms with van der Waals surface area (Å²) in [6.07, 6.45) is 4.50. The van der Waals surface area contributed by atoms with Crippen LogP contribution in [-0.2, 0) is 17.8 Å². The average molecular weight is 405 g/mol. The van der Waals surface area contributed by atoms with Crippen molar-refractivity contribution in [1.29, 1.82) is 0 Å². The minimum absolute atomic E-state index is 0.0334. The number of nitrogens with one attached hydrogen (secondary N) is 1. The molecule has 1 N–H and O–H groups in total. The Morgan fingerprint density at radius 1 is 1.10 bits per heavy atom. The maximum Gasteiger partial charge on any atom is 0.262 e. The Kier molecular flexibility index (Phi) is 6.12. The molecule has 0 bridgehead atoms. The second-order valence-electron chi connectivity index (χ2n) is 8.01. The number of ether oxygens (including phenoxy) is 1. The Morgan fingerprint density at radius 2 is 1.97 bits per heavy atom. The van der Waals surface area contributed by atoms with Crippen LogP contribution in [0, 0.1) is 0 Å². The van der Waals surface area contributed by atoms with Crippen molar-refractivity contribution in [3.05, 3.63) is 59.9 Å². The van der Waals surface area contributed by atoms with Crippen molar-refractivity contribution in [3.8, 4) is 17.1 Å². The number of fused-ring (bicyclic) bond motifs is 1. The van der Waals surface area contributed by atoms with Crippen molar-refractivity contribution in [2.24, 2.45) is 0 Å². The van der Waals surface area contributed by atoms with Gasteiger partial charge in [0.2, 0.25) is 0 Å². The first-order valence-corrected chi connectivity index (χ1v) is 10.7. The Morgan fingerprint density at radius 3 is 2.83 bits per heavy atom. The lowest BCUT2D eigenvalue weighted by Crippen LogP contribution is -2.20. The number of nitrogens with zero attached hydrogens (tertiary/aromatic N) is 3. The van der Waals surface area contributed by atoms with E-state index in [0.717, 1.165) is 60.0 Å². The van der Waals surface area contributed by atoms with Crippen LogP contribution in [-0.4, -0.2) is 27.3 Å². The van der Waals surface area contributed by atoms with Crippen molar-refractivity contribution in [2.75, 3.05) is 11.9 Å². The predicted molar refractivity (Wildman–Crippen MR) is 118 cm³/mol. The Labute approximate surface area is 177 Å². The van der Waals surface area contributed by atoms with E-state index in [1.807, 2.05) is 48.5 Å². The van der Waals surface area contributed by atoms with E-state index in [1.165, 1.54) is 6.42 Å². The summed E-state index contributed by atoms with van der Waals surface area (Å²) < 4.78 is 7.99. The van der Waals surface area contributed by atoms with Gasteiger partial charge in [-0.3, -0.25) is 4.79 Å². The fourth-order valence-corrected chi connectivity index (χ4v) is 3.86. The molecule has 0 saturated carbocycles. The lowest BCUT2D eigenvalue weighted by atomic mass is 10.0. The van der Waals surface area contributed by atoms with Crippen LogP contribution in [0.5, 0.6) is 5.75 Å². The van der Waals surface area contributed by atoms with Gasteiger partial charge in [0, 0.05) is 24.2 Å². The number of hydrogen-bond donors (Lipinski definition) is 1. The van der Waals surface area contributed by atoms with E-state index in [2.05, 4.69) is 33.9 Å². The number of hydrogen-bond acceptors (Lipinski definition) is 4. The number of carbonyl (C=O) groups is 1. The Hall–Kier alpha value is -3.15. The highest BCUT2D eigenvalue weighted by atomic mass is 16.5. The van der Waals surface area contributed by atoms with Crippen LogP contribution in [0.1, 0.15) is 50.4 Å². The molecule has 0 fully saturated rings. The molecule has 2 heterocycles. The average Bonchev–Trinajstić information content (AvgIpc) is 3.01. The van der Waals surface area contributed by atoms with Gasteiger partial charge in [0.25, 0.3) is 5.91 Å². The molecule has 6 nitrogen and oxygen atoms in total. The second kappa shape index (κ2) is 9.11. The van der Waals surface area contributed by atoms with Gasteiger partial charge in [0.05, 0.1) is 0 Å². The molecule has 1 aliphatic heterocycles. The van der Waals surface area contributed by atoms with Crippen LogP contribution >= 0.6 is 0 Å². The summed E-state index contributed by atoms with van der Waals surface area (Å²) in [4.78, 5) is 12.5. The fraction of sp³-hybridized carbons (Fsp3) is 0.375. The third-order valence-corrected chi connectivity index (χ3v) is 5.41.